The number of nitrogens with zero attached hydrogens (tertiary/aromatic N) is 1. The average Bonchev–Trinajstić information content (AvgIpc) is 2.89. The number of nitrogens with one attached hydrogen (secondary N) is 2. The van der Waals surface area contributed by atoms with Gasteiger partial charge >= 0.3 is 6.03 Å². The number of likely N-dealkylation sites (N-methyl/N-ethyl adjacent to an activating group) is 1. The molecule has 0 fully saturated rings. The number of carbonyl (C=O) groups excluding carboxylic acids is 1. The van der Waals surface area contributed by atoms with E-state index in [0.717, 1.165) is 32.4 Å². The van der Waals surface area contributed by atoms with E-state index in [1.165, 1.54) is 16.7 Å². The Bertz CT molecular complexity index is 556. The molecule has 1 aromatic carbocycles. The van der Waals surface area contributed by atoms with Gasteiger partial charge in [0, 0.05) is 25.2 Å². The molecule has 0 unspecified atom stereocenters. The normalized spacial score (nSPS) is 20.2. The molecule has 0 aromatic heterocycles. The number of urea groups is 1. The molecule has 4 heteroatoms. The van der Waals surface area contributed by atoms with Crippen LogP contribution in [0.4, 0.5) is 4.79 Å². The fourth-order valence-electron chi connectivity index (χ4n) is 3.36. The summed E-state index contributed by atoms with van der Waals surface area (Å²) in [5.41, 5.74) is 4.06. The van der Waals surface area contributed by atoms with Crippen molar-refractivity contribution in [3.63, 3.8) is 0 Å². The van der Waals surface area contributed by atoms with Crippen LogP contribution in [0.25, 0.3) is 0 Å². The second-order valence-corrected chi connectivity index (χ2v) is 6.50. The van der Waals surface area contributed by atoms with Gasteiger partial charge in [0.2, 0.25) is 0 Å². The number of fused-ring (bicyclic) bond motifs is 1. The summed E-state index contributed by atoms with van der Waals surface area (Å²) < 4.78 is 0. The Morgan fingerprint density at radius 2 is 1.95 bits per heavy atom. The average molecular weight is 299 g/mol. The highest BCUT2D eigenvalue weighted by Gasteiger charge is 2.23. The maximum absolute atomic E-state index is 12.2. The Morgan fingerprint density at radius 3 is 2.55 bits per heavy atom. The van der Waals surface area contributed by atoms with Crippen LogP contribution in [0.3, 0.4) is 0 Å². The fourth-order valence-corrected chi connectivity index (χ4v) is 3.36. The van der Waals surface area contributed by atoms with Crippen molar-refractivity contribution in [3.8, 4) is 0 Å². The largest absolute Gasteiger partial charge is 0.335 e. The van der Waals surface area contributed by atoms with Crippen molar-refractivity contribution in [1.29, 1.82) is 0 Å². The highest BCUT2D eigenvalue weighted by atomic mass is 16.2. The molecule has 0 saturated carbocycles. The van der Waals surface area contributed by atoms with Gasteiger partial charge in [-0.3, -0.25) is 0 Å². The third kappa shape index (κ3) is 3.50. The number of benzene rings is 1. The Labute approximate surface area is 132 Å². The summed E-state index contributed by atoms with van der Waals surface area (Å²) in [5, 5.41) is 6.20. The van der Waals surface area contributed by atoms with Crippen LogP contribution in [0.2, 0.25) is 0 Å². The summed E-state index contributed by atoms with van der Waals surface area (Å²) in [6.07, 6.45) is 5.14. The van der Waals surface area contributed by atoms with Crippen LogP contribution in [0.1, 0.15) is 24.5 Å². The predicted octanol–water partition coefficient (Wildman–Crippen LogP) is 2.10. The van der Waals surface area contributed by atoms with E-state index in [-0.39, 0.29) is 18.1 Å². The van der Waals surface area contributed by atoms with Gasteiger partial charge in [0.05, 0.1) is 0 Å². The highest BCUT2D eigenvalue weighted by Crippen LogP contribution is 2.21. The summed E-state index contributed by atoms with van der Waals surface area (Å²) >= 11 is 0. The maximum Gasteiger partial charge on any atom is 0.315 e. The highest BCUT2D eigenvalue weighted by molar-refractivity contribution is 5.75. The van der Waals surface area contributed by atoms with Gasteiger partial charge in [0.25, 0.3) is 0 Å². The van der Waals surface area contributed by atoms with Gasteiger partial charge in [-0.05, 0) is 49.9 Å². The van der Waals surface area contributed by atoms with Crippen molar-refractivity contribution < 1.29 is 4.79 Å². The van der Waals surface area contributed by atoms with E-state index in [0.29, 0.717) is 0 Å². The van der Waals surface area contributed by atoms with Gasteiger partial charge in [-0.2, -0.15) is 0 Å². The first-order valence-electron chi connectivity index (χ1n) is 8.13. The molecule has 1 aliphatic carbocycles. The van der Waals surface area contributed by atoms with E-state index in [2.05, 4.69) is 59.8 Å². The lowest BCUT2D eigenvalue weighted by Gasteiger charge is -2.26. The van der Waals surface area contributed by atoms with E-state index >= 15 is 0 Å². The van der Waals surface area contributed by atoms with Crippen LogP contribution >= 0.6 is 0 Å². The lowest BCUT2D eigenvalue weighted by atomic mass is 10.0. The van der Waals surface area contributed by atoms with Crippen LogP contribution < -0.4 is 10.6 Å². The van der Waals surface area contributed by atoms with Crippen LogP contribution in [-0.4, -0.2) is 43.2 Å². The first-order chi connectivity index (χ1) is 10.6. The smallest absolute Gasteiger partial charge is 0.315 e. The maximum atomic E-state index is 12.2. The second kappa shape index (κ2) is 6.53. The number of hydrogen-bond donors (Lipinski definition) is 2. The minimum atomic E-state index is -0.0508. The summed E-state index contributed by atoms with van der Waals surface area (Å²) in [6, 6.07) is 8.71. The van der Waals surface area contributed by atoms with Crippen LogP contribution in [0.5, 0.6) is 0 Å². The molecule has 1 atom stereocenters. The standard InChI is InChI=1S/C18H25N3O/c1-13(14-7-9-21(2)10-8-14)19-18(22)20-17-11-15-5-3-4-6-16(15)12-17/h3-7,13,17H,8-12H2,1-2H3,(H2,19,20,22)/t13-/m0/s1. The van der Waals surface area contributed by atoms with Gasteiger partial charge in [-0.25, -0.2) is 4.79 Å². The van der Waals surface area contributed by atoms with E-state index in [1.807, 2.05) is 0 Å². The molecule has 1 aromatic rings. The summed E-state index contributed by atoms with van der Waals surface area (Å²) in [4.78, 5) is 14.5. The molecular weight excluding hydrogens is 274 g/mol. The number of carbonyl (C=O) groups is 1. The topological polar surface area (TPSA) is 44.4 Å². The summed E-state index contributed by atoms with van der Waals surface area (Å²) in [5.74, 6) is 0. The quantitative estimate of drug-likeness (QED) is 0.840. The molecule has 2 amide bonds. The lowest BCUT2D eigenvalue weighted by Crippen LogP contribution is -2.47. The van der Waals surface area contributed by atoms with Crippen LogP contribution in [0, 0.1) is 0 Å². The molecule has 2 N–H and O–H groups in total. The third-order valence-corrected chi connectivity index (χ3v) is 4.74. The lowest BCUT2D eigenvalue weighted by molar-refractivity contribution is 0.235. The van der Waals surface area contributed by atoms with Crippen molar-refractivity contribution in [2.24, 2.45) is 0 Å². The molecule has 0 bridgehead atoms. The second-order valence-electron chi connectivity index (χ2n) is 6.50. The van der Waals surface area contributed by atoms with Gasteiger partial charge in [0.15, 0.2) is 0 Å². The third-order valence-electron chi connectivity index (χ3n) is 4.74. The molecule has 1 aliphatic heterocycles. The molecular formula is C18H25N3O. The molecule has 0 radical (unpaired) electrons. The minimum Gasteiger partial charge on any atom is -0.335 e. The van der Waals surface area contributed by atoms with Crippen molar-refractivity contribution >= 4 is 6.03 Å². The Kier molecular flexibility index (Phi) is 4.48. The number of amides is 2. The van der Waals surface area contributed by atoms with Gasteiger partial charge in [0.1, 0.15) is 0 Å². The van der Waals surface area contributed by atoms with E-state index in [1.54, 1.807) is 0 Å². The molecule has 118 valence electrons. The van der Waals surface area contributed by atoms with Crippen molar-refractivity contribution in [1.82, 2.24) is 15.5 Å². The first kappa shape index (κ1) is 15.1. The summed E-state index contributed by atoms with van der Waals surface area (Å²) in [6.45, 7) is 4.11. The number of rotatable bonds is 3. The molecule has 1 heterocycles. The zero-order valence-corrected chi connectivity index (χ0v) is 13.4. The van der Waals surface area contributed by atoms with E-state index < -0.39 is 0 Å². The van der Waals surface area contributed by atoms with Crippen LogP contribution in [0.15, 0.2) is 35.9 Å². The minimum absolute atomic E-state index is 0.0508. The molecule has 3 rings (SSSR count). The molecule has 22 heavy (non-hydrogen) atoms. The first-order valence-corrected chi connectivity index (χ1v) is 8.13. The Hall–Kier alpha value is -1.81. The Morgan fingerprint density at radius 1 is 1.27 bits per heavy atom. The SMILES string of the molecule is C[C@H](NC(=O)NC1Cc2ccccc2C1)C1=CCN(C)CC1. The zero-order valence-electron chi connectivity index (χ0n) is 13.4. The van der Waals surface area contributed by atoms with Crippen LogP contribution in [-0.2, 0) is 12.8 Å². The predicted molar refractivity (Wildman–Crippen MR) is 89.0 cm³/mol. The van der Waals surface area contributed by atoms with Gasteiger partial charge in [-0.15, -0.1) is 0 Å². The van der Waals surface area contributed by atoms with Crippen molar-refractivity contribution in [3.05, 3.63) is 47.0 Å². The summed E-state index contributed by atoms with van der Waals surface area (Å²) in [7, 11) is 2.12. The van der Waals surface area contributed by atoms with E-state index in [9.17, 15) is 4.79 Å². The number of hydrogen-bond acceptors (Lipinski definition) is 2. The fraction of sp³-hybridized carbons (Fsp3) is 0.500. The van der Waals surface area contributed by atoms with Crippen molar-refractivity contribution in [2.75, 3.05) is 20.1 Å². The van der Waals surface area contributed by atoms with Crippen molar-refractivity contribution in [2.45, 2.75) is 38.3 Å². The molecule has 4 nitrogen and oxygen atoms in total. The molecule has 0 saturated heterocycles. The van der Waals surface area contributed by atoms with Gasteiger partial charge < -0.3 is 15.5 Å². The Balaban J connectivity index is 1.49. The molecule has 0 spiro atoms. The van der Waals surface area contributed by atoms with E-state index in [4.69, 9.17) is 0 Å². The monoisotopic (exact) mass is 299 g/mol. The van der Waals surface area contributed by atoms with Gasteiger partial charge in [-0.1, -0.05) is 30.3 Å². The molecule has 2 aliphatic rings. The zero-order chi connectivity index (χ0) is 15.5.